The topological polar surface area (TPSA) is 34.1 Å². The number of pyridine rings is 1. The molecule has 19 heavy (non-hydrogen) atoms. The highest BCUT2D eigenvalue weighted by Crippen LogP contribution is 2.25. The van der Waals surface area contributed by atoms with Gasteiger partial charge in [-0.25, -0.2) is 0 Å². The van der Waals surface area contributed by atoms with E-state index in [2.05, 4.69) is 35.4 Å². The summed E-state index contributed by atoms with van der Waals surface area (Å²) in [4.78, 5) is 4.50. The van der Waals surface area contributed by atoms with Gasteiger partial charge in [0.1, 0.15) is 5.75 Å². The van der Waals surface area contributed by atoms with Gasteiger partial charge in [0.15, 0.2) is 0 Å². The van der Waals surface area contributed by atoms with E-state index in [-0.39, 0.29) is 6.04 Å². The summed E-state index contributed by atoms with van der Waals surface area (Å²) in [5, 5.41) is 3.33. The first-order chi connectivity index (χ1) is 9.26. The Morgan fingerprint density at radius 2 is 2.11 bits per heavy atom. The highest BCUT2D eigenvalue weighted by atomic mass is 16.5. The van der Waals surface area contributed by atoms with Crippen LogP contribution < -0.4 is 10.1 Å². The van der Waals surface area contributed by atoms with Crippen LogP contribution in [0.5, 0.6) is 5.75 Å². The fraction of sp³-hybridized carbons (Fsp3) is 0.312. The molecular formula is C16H20N2O. The van der Waals surface area contributed by atoms with Crippen LogP contribution in [0.25, 0.3) is 0 Å². The average Bonchev–Trinajstić information content (AvgIpc) is 2.43. The van der Waals surface area contributed by atoms with E-state index in [1.807, 2.05) is 38.4 Å². The Balaban J connectivity index is 2.37. The van der Waals surface area contributed by atoms with Gasteiger partial charge in [0.05, 0.1) is 18.3 Å². The predicted molar refractivity (Wildman–Crippen MR) is 77.5 cm³/mol. The molecule has 1 aromatic heterocycles. The summed E-state index contributed by atoms with van der Waals surface area (Å²) in [5.74, 6) is 0.897. The molecule has 2 rings (SSSR count). The maximum Gasteiger partial charge on any atom is 0.119 e. The fourth-order valence-electron chi connectivity index (χ4n) is 2.21. The number of aryl methyl sites for hydroxylation is 1. The van der Waals surface area contributed by atoms with E-state index in [0.717, 1.165) is 17.0 Å². The zero-order chi connectivity index (χ0) is 13.7. The van der Waals surface area contributed by atoms with Gasteiger partial charge < -0.3 is 10.1 Å². The lowest BCUT2D eigenvalue weighted by Gasteiger charge is -2.18. The molecule has 2 aromatic rings. The van der Waals surface area contributed by atoms with Crippen LogP contribution in [0.3, 0.4) is 0 Å². The number of aromatic nitrogens is 1. The van der Waals surface area contributed by atoms with Crippen LogP contribution in [0.4, 0.5) is 0 Å². The second-order valence-corrected chi connectivity index (χ2v) is 4.43. The van der Waals surface area contributed by atoms with Crippen molar-refractivity contribution in [2.75, 3.05) is 13.7 Å². The van der Waals surface area contributed by atoms with Crippen LogP contribution >= 0.6 is 0 Å². The van der Waals surface area contributed by atoms with Crippen LogP contribution in [-0.2, 0) is 0 Å². The largest absolute Gasteiger partial charge is 0.494 e. The van der Waals surface area contributed by atoms with Gasteiger partial charge in [0, 0.05) is 6.20 Å². The lowest BCUT2D eigenvalue weighted by atomic mass is 10.00. The Morgan fingerprint density at radius 1 is 1.26 bits per heavy atom. The molecule has 1 atom stereocenters. The molecule has 1 unspecified atom stereocenters. The van der Waals surface area contributed by atoms with Gasteiger partial charge in [0.25, 0.3) is 0 Å². The first-order valence-electron chi connectivity index (χ1n) is 6.57. The molecule has 3 heteroatoms. The minimum Gasteiger partial charge on any atom is -0.494 e. The second kappa shape index (κ2) is 6.34. The molecule has 0 aliphatic carbocycles. The molecule has 0 spiro atoms. The molecule has 0 saturated heterocycles. The average molecular weight is 256 g/mol. The van der Waals surface area contributed by atoms with Crippen molar-refractivity contribution in [1.29, 1.82) is 0 Å². The summed E-state index contributed by atoms with van der Waals surface area (Å²) < 4.78 is 5.56. The van der Waals surface area contributed by atoms with E-state index >= 15 is 0 Å². The first-order valence-corrected chi connectivity index (χ1v) is 6.57. The third-order valence-corrected chi connectivity index (χ3v) is 3.11. The molecule has 3 nitrogen and oxygen atoms in total. The van der Waals surface area contributed by atoms with E-state index in [9.17, 15) is 0 Å². The minimum atomic E-state index is 0.0848. The van der Waals surface area contributed by atoms with Crippen LogP contribution in [0, 0.1) is 6.92 Å². The third-order valence-electron chi connectivity index (χ3n) is 3.11. The molecule has 1 N–H and O–H groups in total. The zero-order valence-corrected chi connectivity index (χ0v) is 11.7. The maximum absolute atomic E-state index is 5.56. The predicted octanol–water partition coefficient (Wildman–Crippen LogP) is 3.10. The van der Waals surface area contributed by atoms with Crippen LogP contribution in [-0.4, -0.2) is 18.6 Å². The summed E-state index contributed by atoms with van der Waals surface area (Å²) in [6.45, 7) is 4.75. The molecule has 1 heterocycles. The van der Waals surface area contributed by atoms with E-state index in [1.165, 1.54) is 5.56 Å². The molecule has 0 saturated carbocycles. The Labute approximate surface area is 114 Å². The van der Waals surface area contributed by atoms with Crippen molar-refractivity contribution in [2.45, 2.75) is 19.9 Å². The van der Waals surface area contributed by atoms with Crippen molar-refractivity contribution in [3.05, 3.63) is 59.4 Å². The van der Waals surface area contributed by atoms with E-state index in [1.54, 1.807) is 0 Å². The van der Waals surface area contributed by atoms with Crippen molar-refractivity contribution in [1.82, 2.24) is 10.3 Å². The quantitative estimate of drug-likeness (QED) is 0.892. The maximum atomic E-state index is 5.56. The van der Waals surface area contributed by atoms with Gasteiger partial charge in [-0.3, -0.25) is 4.98 Å². The lowest BCUT2D eigenvalue weighted by Crippen LogP contribution is -2.20. The standard InChI is InChI=1S/C16H20N2O/c1-4-19-14-9-5-8-13(11-14)16(17-3)15-12(2)7-6-10-18-15/h5-11,16-17H,4H2,1-3H3. The fourth-order valence-corrected chi connectivity index (χ4v) is 2.21. The number of nitrogens with zero attached hydrogens (tertiary/aromatic N) is 1. The van der Waals surface area contributed by atoms with Gasteiger partial charge >= 0.3 is 0 Å². The number of hydrogen-bond donors (Lipinski definition) is 1. The SMILES string of the molecule is CCOc1cccc(C(NC)c2ncccc2C)c1. The second-order valence-electron chi connectivity index (χ2n) is 4.43. The van der Waals surface area contributed by atoms with Crippen LogP contribution in [0.2, 0.25) is 0 Å². The molecule has 0 amide bonds. The number of benzene rings is 1. The normalized spacial score (nSPS) is 12.2. The van der Waals surface area contributed by atoms with Crippen LogP contribution in [0.15, 0.2) is 42.6 Å². The molecule has 0 aliphatic rings. The summed E-state index contributed by atoms with van der Waals surface area (Å²) in [7, 11) is 1.95. The number of rotatable bonds is 5. The molecular weight excluding hydrogens is 236 g/mol. The Bertz CT molecular complexity index is 540. The van der Waals surface area contributed by atoms with Gasteiger partial charge in [-0.05, 0) is 50.2 Å². The molecule has 100 valence electrons. The first kappa shape index (κ1) is 13.6. The molecule has 0 aliphatic heterocycles. The van der Waals surface area contributed by atoms with Crippen molar-refractivity contribution < 1.29 is 4.74 Å². The minimum absolute atomic E-state index is 0.0848. The highest BCUT2D eigenvalue weighted by molar-refractivity contribution is 5.36. The summed E-state index contributed by atoms with van der Waals surface area (Å²) in [6.07, 6.45) is 1.83. The Kier molecular flexibility index (Phi) is 4.53. The van der Waals surface area contributed by atoms with E-state index in [4.69, 9.17) is 4.74 Å². The Hall–Kier alpha value is -1.87. The summed E-state index contributed by atoms with van der Waals surface area (Å²) >= 11 is 0. The van der Waals surface area contributed by atoms with Gasteiger partial charge in [-0.1, -0.05) is 18.2 Å². The van der Waals surface area contributed by atoms with Crippen molar-refractivity contribution in [2.24, 2.45) is 0 Å². The smallest absolute Gasteiger partial charge is 0.119 e. The third kappa shape index (κ3) is 3.12. The van der Waals surface area contributed by atoms with Gasteiger partial charge in [0.2, 0.25) is 0 Å². The van der Waals surface area contributed by atoms with E-state index in [0.29, 0.717) is 6.61 Å². The van der Waals surface area contributed by atoms with Crippen molar-refractivity contribution >= 4 is 0 Å². The number of nitrogens with one attached hydrogen (secondary N) is 1. The van der Waals surface area contributed by atoms with Crippen molar-refractivity contribution in [3.8, 4) is 5.75 Å². The number of ether oxygens (including phenoxy) is 1. The summed E-state index contributed by atoms with van der Waals surface area (Å²) in [5.41, 5.74) is 3.40. The summed E-state index contributed by atoms with van der Waals surface area (Å²) in [6, 6.07) is 12.3. The Morgan fingerprint density at radius 3 is 2.79 bits per heavy atom. The lowest BCUT2D eigenvalue weighted by molar-refractivity contribution is 0.339. The molecule has 0 bridgehead atoms. The molecule has 0 radical (unpaired) electrons. The van der Waals surface area contributed by atoms with Crippen LogP contribution in [0.1, 0.15) is 29.8 Å². The zero-order valence-electron chi connectivity index (χ0n) is 11.7. The molecule has 1 aromatic carbocycles. The van der Waals surface area contributed by atoms with Crippen molar-refractivity contribution in [3.63, 3.8) is 0 Å². The molecule has 0 fully saturated rings. The van der Waals surface area contributed by atoms with Gasteiger partial charge in [-0.15, -0.1) is 0 Å². The number of hydrogen-bond acceptors (Lipinski definition) is 3. The van der Waals surface area contributed by atoms with E-state index < -0.39 is 0 Å². The van der Waals surface area contributed by atoms with Gasteiger partial charge in [-0.2, -0.15) is 0 Å². The highest BCUT2D eigenvalue weighted by Gasteiger charge is 2.15. The monoisotopic (exact) mass is 256 g/mol.